The van der Waals surface area contributed by atoms with Gasteiger partial charge in [0.15, 0.2) is 0 Å². The van der Waals surface area contributed by atoms with Gasteiger partial charge in [0.25, 0.3) is 5.56 Å². The average molecular weight is 356 g/mol. The Labute approximate surface area is 152 Å². The molecule has 0 atom stereocenters. The lowest BCUT2D eigenvalue weighted by Gasteiger charge is -2.22. The van der Waals surface area contributed by atoms with Gasteiger partial charge in [-0.15, -0.1) is 0 Å². The van der Waals surface area contributed by atoms with Crippen LogP contribution in [0.4, 0.5) is 16.0 Å². The first kappa shape index (κ1) is 17.1. The summed E-state index contributed by atoms with van der Waals surface area (Å²) < 4.78 is 14.7. The smallest absolute Gasteiger partial charge is 0.255 e. The number of anilines is 2. The lowest BCUT2D eigenvalue weighted by molar-refractivity contribution is 0.612. The summed E-state index contributed by atoms with van der Waals surface area (Å²) in [5.74, 6) is 0.394. The fourth-order valence-electron chi connectivity index (χ4n) is 3.96. The van der Waals surface area contributed by atoms with Crippen molar-refractivity contribution in [2.24, 2.45) is 0 Å². The minimum atomic E-state index is -0.224. The zero-order chi connectivity index (χ0) is 18.1. The van der Waals surface area contributed by atoms with E-state index in [2.05, 4.69) is 14.8 Å². The van der Waals surface area contributed by atoms with Gasteiger partial charge in [0.1, 0.15) is 5.82 Å². The monoisotopic (exact) mass is 356 g/mol. The Hall–Kier alpha value is -2.37. The van der Waals surface area contributed by atoms with E-state index in [-0.39, 0.29) is 11.4 Å². The van der Waals surface area contributed by atoms with Crippen LogP contribution in [0.1, 0.15) is 42.5 Å². The number of rotatable bonds is 4. The standard InChI is InChI=1S/C20H25FN4O/c1-14-17(22-20(23-19(14)26)25-11-4-5-12-25)13-15-16(21)7-6-8-18(15)24-9-2-3-10-24/h6-8H,2-5,9-13H2,1H3,(H,22,23,26). The summed E-state index contributed by atoms with van der Waals surface area (Å²) in [6.45, 7) is 5.49. The second kappa shape index (κ2) is 7.09. The van der Waals surface area contributed by atoms with E-state index >= 15 is 0 Å². The molecule has 0 aliphatic carbocycles. The van der Waals surface area contributed by atoms with Crippen LogP contribution >= 0.6 is 0 Å². The SMILES string of the molecule is Cc1c(Cc2c(F)cccc2N2CCCC2)nc(N2CCCC2)[nH]c1=O. The van der Waals surface area contributed by atoms with Crippen LogP contribution in [0.25, 0.3) is 0 Å². The molecule has 26 heavy (non-hydrogen) atoms. The van der Waals surface area contributed by atoms with Crippen molar-refractivity contribution in [2.45, 2.75) is 39.0 Å². The van der Waals surface area contributed by atoms with Gasteiger partial charge in [-0.3, -0.25) is 9.78 Å². The number of aromatic amines is 1. The number of halogens is 1. The fourth-order valence-corrected chi connectivity index (χ4v) is 3.96. The second-order valence-electron chi connectivity index (χ2n) is 7.26. The molecule has 0 radical (unpaired) electrons. The number of nitrogens with one attached hydrogen (secondary N) is 1. The third-order valence-electron chi connectivity index (χ3n) is 5.53. The van der Waals surface area contributed by atoms with Crippen molar-refractivity contribution < 1.29 is 4.39 Å². The summed E-state index contributed by atoms with van der Waals surface area (Å²) in [4.78, 5) is 24.3. The largest absolute Gasteiger partial charge is 0.371 e. The summed E-state index contributed by atoms with van der Waals surface area (Å²) in [5, 5.41) is 0. The van der Waals surface area contributed by atoms with Crippen molar-refractivity contribution in [3.05, 3.63) is 51.2 Å². The number of benzene rings is 1. The van der Waals surface area contributed by atoms with E-state index in [9.17, 15) is 9.18 Å². The van der Waals surface area contributed by atoms with Gasteiger partial charge in [-0.2, -0.15) is 0 Å². The number of hydrogen-bond donors (Lipinski definition) is 1. The molecule has 0 amide bonds. The van der Waals surface area contributed by atoms with Crippen LogP contribution in [0.5, 0.6) is 0 Å². The van der Waals surface area contributed by atoms with E-state index in [1.807, 2.05) is 6.07 Å². The van der Waals surface area contributed by atoms with Gasteiger partial charge >= 0.3 is 0 Å². The summed E-state index contributed by atoms with van der Waals surface area (Å²) in [5.41, 5.74) is 2.69. The highest BCUT2D eigenvalue weighted by atomic mass is 19.1. The molecule has 1 N–H and O–H groups in total. The maximum Gasteiger partial charge on any atom is 0.255 e. The third kappa shape index (κ3) is 3.20. The van der Waals surface area contributed by atoms with Gasteiger partial charge < -0.3 is 9.80 Å². The van der Waals surface area contributed by atoms with Crippen LogP contribution in [0.2, 0.25) is 0 Å². The van der Waals surface area contributed by atoms with Gasteiger partial charge in [-0.1, -0.05) is 6.07 Å². The van der Waals surface area contributed by atoms with Crippen molar-refractivity contribution >= 4 is 11.6 Å². The van der Waals surface area contributed by atoms with Crippen LogP contribution in [-0.4, -0.2) is 36.1 Å². The van der Waals surface area contributed by atoms with Gasteiger partial charge in [0.2, 0.25) is 5.95 Å². The van der Waals surface area contributed by atoms with Crippen LogP contribution in [0.3, 0.4) is 0 Å². The molecule has 138 valence electrons. The molecule has 2 saturated heterocycles. The van der Waals surface area contributed by atoms with Crippen molar-refractivity contribution in [1.82, 2.24) is 9.97 Å². The van der Waals surface area contributed by atoms with E-state index in [4.69, 9.17) is 4.98 Å². The van der Waals surface area contributed by atoms with Crippen molar-refractivity contribution in [2.75, 3.05) is 36.0 Å². The van der Waals surface area contributed by atoms with Crippen molar-refractivity contribution in [3.63, 3.8) is 0 Å². The van der Waals surface area contributed by atoms with Crippen LogP contribution in [0, 0.1) is 12.7 Å². The first-order valence-electron chi connectivity index (χ1n) is 9.50. The molecule has 2 aromatic rings. The Kier molecular flexibility index (Phi) is 4.66. The van der Waals surface area contributed by atoms with E-state index in [0.29, 0.717) is 29.2 Å². The van der Waals surface area contributed by atoms with E-state index in [1.54, 1.807) is 13.0 Å². The Bertz CT molecular complexity index is 851. The molecule has 1 aromatic carbocycles. The summed E-state index contributed by atoms with van der Waals surface area (Å²) in [7, 11) is 0. The number of aromatic nitrogens is 2. The molecule has 5 nitrogen and oxygen atoms in total. The van der Waals surface area contributed by atoms with Gasteiger partial charge in [-0.25, -0.2) is 9.37 Å². The van der Waals surface area contributed by atoms with E-state index < -0.39 is 0 Å². The maximum atomic E-state index is 14.7. The highest BCUT2D eigenvalue weighted by Gasteiger charge is 2.21. The zero-order valence-electron chi connectivity index (χ0n) is 15.2. The molecular formula is C20H25FN4O. The number of H-pyrrole nitrogens is 1. The molecule has 2 fully saturated rings. The Morgan fingerprint density at radius 2 is 1.73 bits per heavy atom. The van der Waals surface area contributed by atoms with Gasteiger partial charge in [-0.05, 0) is 44.7 Å². The zero-order valence-corrected chi connectivity index (χ0v) is 15.2. The van der Waals surface area contributed by atoms with Crippen LogP contribution in [-0.2, 0) is 6.42 Å². The molecule has 4 rings (SSSR count). The Morgan fingerprint density at radius 1 is 1.08 bits per heavy atom. The number of hydrogen-bond acceptors (Lipinski definition) is 4. The molecule has 0 bridgehead atoms. The minimum Gasteiger partial charge on any atom is -0.371 e. The second-order valence-corrected chi connectivity index (χ2v) is 7.26. The Morgan fingerprint density at radius 3 is 2.42 bits per heavy atom. The highest BCUT2D eigenvalue weighted by Crippen LogP contribution is 2.29. The predicted octanol–water partition coefficient (Wildman–Crippen LogP) is 3.01. The minimum absolute atomic E-state index is 0.129. The van der Waals surface area contributed by atoms with Crippen LogP contribution in [0.15, 0.2) is 23.0 Å². The molecule has 0 unspecified atom stereocenters. The quantitative estimate of drug-likeness (QED) is 0.915. The van der Waals surface area contributed by atoms with Crippen molar-refractivity contribution in [1.29, 1.82) is 0 Å². The van der Waals surface area contributed by atoms with E-state index in [1.165, 1.54) is 6.07 Å². The molecule has 6 heteroatoms. The van der Waals surface area contributed by atoms with Gasteiger partial charge in [0.05, 0.1) is 5.69 Å². The average Bonchev–Trinajstić information content (AvgIpc) is 3.34. The lowest BCUT2D eigenvalue weighted by atomic mass is 10.0. The normalized spacial score (nSPS) is 17.3. The van der Waals surface area contributed by atoms with Gasteiger partial charge in [0, 0.05) is 49.4 Å². The topological polar surface area (TPSA) is 52.2 Å². The summed E-state index contributed by atoms with van der Waals surface area (Å²) in [6, 6.07) is 5.24. The third-order valence-corrected chi connectivity index (χ3v) is 5.53. The maximum absolute atomic E-state index is 14.7. The molecule has 0 spiro atoms. The highest BCUT2D eigenvalue weighted by molar-refractivity contribution is 5.56. The van der Waals surface area contributed by atoms with E-state index in [0.717, 1.165) is 57.5 Å². The Balaban J connectivity index is 1.72. The summed E-state index contributed by atoms with van der Waals surface area (Å²) in [6.07, 6.45) is 4.84. The van der Waals surface area contributed by atoms with Crippen LogP contribution < -0.4 is 15.4 Å². The molecular weight excluding hydrogens is 331 g/mol. The fraction of sp³-hybridized carbons (Fsp3) is 0.500. The molecule has 3 heterocycles. The lowest BCUT2D eigenvalue weighted by Crippen LogP contribution is -2.26. The first-order chi connectivity index (χ1) is 12.6. The number of nitrogens with zero attached hydrogens (tertiary/aromatic N) is 3. The predicted molar refractivity (Wildman–Crippen MR) is 102 cm³/mol. The molecule has 2 aliphatic heterocycles. The summed E-state index contributed by atoms with van der Waals surface area (Å²) >= 11 is 0. The van der Waals surface area contributed by atoms with Crippen molar-refractivity contribution in [3.8, 4) is 0 Å². The molecule has 2 aliphatic rings. The molecule has 0 saturated carbocycles. The first-order valence-corrected chi connectivity index (χ1v) is 9.50. The molecule has 1 aromatic heterocycles.